The summed E-state index contributed by atoms with van der Waals surface area (Å²) in [6.07, 6.45) is 3.44. The van der Waals surface area contributed by atoms with Gasteiger partial charge in [-0.15, -0.1) is 0 Å². The number of aromatic nitrogens is 2. The largest absolute Gasteiger partial charge is 0.337 e. The van der Waals surface area contributed by atoms with Crippen LogP contribution in [0.15, 0.2) is 41.7 Å². The van der Waals surface area contributed by atoms with E-state index in [0.29, 0.717) is 37.7 Å². The van der Waals surface area contributed by atoms with Crippen LogP contribution in [0.2, 0.25) is 0 Å². The van der Waals surface area contributed by atoms with Crippen molar-refractivity contribution in [2.75, 3.05) is 47.9 Å². The Labute approximate surface area is 191 Å². The summed E-state index contributed by atoms with van der Waals surface area (Å²) in [7, 11) is -2.98. The predicted octanol–water partition coefficient (Wildman–Crippen LogP) is 1.43. The second-order valence-corrected chi connectivity index (χ2v) is 11.6. The first-order valence-corrected chi connectivity index (χ1v) is 13.2. The summed E-state index contributed by atoms with van der Waals surface area (Å²) in [5, 5.41) is 4.02. The number of benzene rings is 1. The lowest BCUT2D eigenvalue weighted by Crippen LogP contribution is -2.49. The number of nitrogens with one attached hydrogen (secondary N) is 1. The Balaban J connectivity index is 1.25. The second-order valence-electron chi connectivity index (χ2n) is 8.22. The van der Waals surface area contributed by atoms with E-state index in [1.54, 1.807) is 18.5 Å². The maximum Gasteiger partial charge on any atom is 0.254 e. The van der Waals surface area contributed by atoms with Crippen molar-refractivity contribution in [2.24, 2.45) is 4.99 Å². The molecule has 2 saturated heterocycles. The summed E-state index contributed by atoms with van der Waals surface area (Å²) in [6.45, 7) is 4.56. The van der Waals surface area contributed by atoms with E-state index in [-0.39, 0.29) is 28.7 Å². The molecule has 0 spiro atoms. The maximum absolute atomic E-state index is 13.1. The Morgan fingerprint density at radius 3 is 2.59 bits per heavy atom. The van der Waals surface area contributed by atoms with Gasteiger partial charge in [-0.25, -0.2) is 18.4 Å². The molecule has 2 fully saturated rings. The number of hydrogen-bond donors (Lipinski definition) is 1. The molecule has 1 N–H and O–H groups in total. The fourth-order valence-corrected chi connectivity index (χ4v) is 7.84. The Morgan fingerprint density at radius 1 is 1.12 bits per heavy atom. The van der Waals surface area contributed by atoms with Crippen molar-refractivity contribution in [2.45, 2.75) is 18.2 Å². The van der Waals surface area contributed by atoms with E-state index in [9.17, 15) is 13.2 Å². The molecule has 2 unspecified atom stereocenters. The molecule has 2 aromatic rings. The van der Waals surface area contributed by atoms with Gasteiger partial charge in [-0.05, 0) is 30.7 Å². The zero-order chi connectivity index (χ0) is 22.3. The van der Waals surface area contributed by atoms with Gasteiger partial charge in [0.25, 0.3) is 5.91 Å². The molecule has 0 aliphatic carbocycles. The summed E-state index contributed by atoms with van der Waals surface area (Å²) in [4.78, 5) is 30.2. The Morgan fingerprint density at radius 2 is 1.88 bits per heavy atom. The van der Waals surface area contributed by atoms with Crippen LogP contribution >= 0.6 is 11.8 Å². The van der Waals surface area contributed by atoms with Crippen molar-refractivity contribution in [3.8, 4) is 0 Å². The van der Waals surface area contributed by atoms with Gasteiger partial charge in [-0.2, -0.15) is 0 Å². The van der Waals surface area contributed by atoms with Crippen molar-refractivity contribution in [1.29, 1.82) is 0 Å². The number of amidine groups is 1. The smallest absolute Gasteiger partial charge is 0.254 e. The molecule has 0 saturated carbocycles. The van der Waals surface area contributed by atoms with Crippen LogP contribution in [-0.2, 0) is 9.84 Å². The molecule has 2 atom stereocenters. The van der Waals surface area contributed by atoms with E-state index in [1.165, 1.54) is 11.8 Å². The fraction of sp³-hybridized carbons (Fsp3) is 0.429. The van der Waals surface area contributed by atoms with Gasteiger partial charge in [0.05, 0.1) is 17.5 Å². The summed E-state index contributed by atoms with van der Waals surface area (Å²) < 4.78 is 23.6. The number of carbonyl (C=O) groups excluding carboxylic acids is 1. The summed E-state index contributed by atoms with van der Waals surface area (Å²) in [5.41, 5.74) is 2.44. The predicted molar refractivity (Wildman–Crippen MR) is 126 cm³/mol. The zero-order valence-corrected chi connectivity index (χ0v) is 19.3. The first kappa shape index (κ1) is 21.2. The maximum atomic E-state index is 13.1. The van der Waals surface area contributed by atoms with Crippen molar-refractivity contribution < 1.29 is 13.2 Å². The minimum Gasteiger partial charge on any atom is -0.337 e. The standard InChI is InChI=1S/C21H24N6O3S2/c1-14-3-4-15(11-16(14)24-21-25-17-12-32(29,30)13-18(17)31-21)19(28)26-7-9-27(10-8-26)20-22-5-2-6-23-20/h2-6,11,17-18H,7-10,12-13H2,1H3,(H,24,25). The molecule has 4 heterocycles. The van der Waals surface area contributed by atoms with Crippen molar-refractivity contribution in [3.63, 3.8) is 0 Å². The van der Waals surface area contributed by atoms with Gasteiger partial charge in [0.2, 0.25) is 5.95 Å². The highest BCUT2D eigenvalue weighted by atomic mass is 32.2. The molecule has 5 rings (SSSR count). The molecule has 11 heteroatoms. The minimum absolute atomic E-state index is 0.00865. The normalized spacial score (nSPS) is 24.2. The fourth-order valence-electron chi connectivity index (χ4n) is 4.17. The van der Waals surface area contributed by atoms with Gasteiger partial charge >= 0.3 is 0 Å². The number of thioether (sulfide) groups is 1. The molecule has 32 heavy (non-hydrogen) atoms. The zero-order valence-electron chi connectivity index (χ0n) is 17.6. The quantitative estimate of drug-likeness (QED) is 0.715. The van der Waals surface area contributed by atoms with Gasteiger partial charge in [-0.3, -0.25) is 9.79 Å². The number of amides is 1. The number of sulfone groups is 1. The van der Waals surface area contributed by atoms with Crippen LogP contribution in [0.25, 0.3) is 0 Å². The second kappa shape index (κ2) is 8.36. The average Bonchev–Trinajstić information content (AvgIpc) is 3.28. The number of aliphatic imine (C=N–C) groups is 1. The highest BCUT2D eigenvalue weighted by Gasteiger charge is 2.42. The minimum atomic E-state index is -2.98. The molecule has 0 bridgehead atoms. The number of nitrogens with zero attached hydrogens (tertiary/aromatic N) is 5. The van der Waals surface area contributed by atoms with Crippen molar-refractivity contribution in [1.82, 2.24) is 14.9 Å². The van der Waals surface area contributed by atoms with Crippen LogP contribution in [0.1, 0.15) is 15.9 Å². The lowest BCUT2D eigenvalue weighted by atomic mass is 10.1. The van der Waals surface area contributed by atoms with E-state index < -0.39 is 9.84 Å². The topological polar surface area (TPSA) is 108 Å². The van der Waals surface area contributed by atoms with Gasteiger partial charge in [0.1, 0.15) is 0 Å². The first-order chi connectivity index (χ1) is 15.4. The third-order valence-electron chi connectivity index (χ3n) is 5.95. The monoisotopic (exact) mass is 472 g/mol. The molecule has 3 aliphatic rings. The molecular formula is C21H24N6O3S2. The third kappa shape index (κ3) is 4.31. The van der Waals surface area contributed by atoms with Crippen LogP contribution < -0.4 is 10.2 Å². The summed E-state index contributed by atoms with van der Waals surface area (Å²) in [5.74, 6) is 0.974. The van der Waals surface area contributed by atoms with E-state index in [1.807, 2.05) is 30.0 Å². The molecule has 1 amide bonds. The van der Waals surface area contributed by atoms with Crippen LogP contribution in [0.5, 0.6) is 0 Å². The Bertz CT molecular complexity index is 1160. The van der Waals surface area contributed by atoms with Gasteiger partial charge in [0.15, 0.2) is 15.0 Å². The number of fused-ring (bicyclic) bond motifs is 1. The molecule has 3 aliphatic heterocycles. The van der Waals surface area contributed by atoms with E-state index in [2.05, 4.69) is 25.2 Å². The lowest BCUT2D eigenvalue weighted by molar-refractivity contribution is 0.0746. The third-order valence-corrected chi connectivity index (χ3v) is 9.09. The van der Waals surface area contributed by atoms with Crippen molar-refractivity contribution in [3.05, 3.63) is 47.8 Å². The lowest BCUT2D eigenvalue weighted by Gasteiger charge is -2.34. The number of aryl methyl sites for hydroxylation is 1. The van der Waals surface area contributed by atoms with E-state index >= 15 is 0 Å². The van der Waals surface area contributed by atoms with Crippen LogP contribution in [0.3, 0.4) is 0 Å². The molecule has 0 radical (unpaired) electrons. The Hall–Kier alpha value is -2.66. The highest BCUT2D eigenvalue weighted by molar-refractivity contribution is 8.15. The average molecular weight is 473 g/mol. The number of rotatable bonds is 3. The molecule has 1 aromatic heterocycles. The SMILES string of the molecule is Cc1ccc(C(=O)N2CCN(c3ncccn3)CC2)cc1NC1=NC2CS(=O)(=O)CC2S1. The highest BCUT2D eigenvalue weighted by Crippen LogP contribution is 2.35. The van der Waals surface area contributed by atoms with Gasteiger partial charge in [-0.1, -0.05) is 17.8 Å². The van der Waals surface area contributed by atoms with Gasteiger partial charge < -0.3 is 15.1 Å². The molecule has 168 valence electrons. The van der Waals surface area contributed by atoms with E-state index in [4.69, 9.17) is 0 Å². The number of piperazine rings is 1. The molecular weight excluding hydrogens is 448 g/mol. The summed E-state index contributed by atoms with van der Waals surface area (Å²) >= 11 is 1.47. The van der Waals surface area contributed by atoms with Gasteiger partial charge in [0, 0.05) is 55.1 Å². The first-order valence-electron chi connectivity index (χ1n) is 10.5. The number of anilines is 2. The molecule has 1 aromatic carbocycles. The van der Waals surface area contributed by atoms with Crippen LogP contribution in [0, 0.1) is 6.92 Å². The Kier molecular flexibility index (Phi) is 5.54. The van der Waals surface area contributed by atoms with Crippen LogP contribution in [0.4, 0.5) is 11.6 Å². The summed E-state index contributed by atoms with van der Waals surface area (Å²) in [6, 6.07) is 7.24. The van der Waals surface area contributed by atoms with Crippen molar-refractivity contribution >= 4 is 44.3 Å². The molecule has 9 nitrogen and oxygen atoms in total. The van der Waals surface area contributed by atoms with Crippen LogP contribution in [-0.4, -0.2) is 83.3 Å². The number of carbonyl (C=O) groups is 1. The number of hydrogen-bond acceptors (Lipinski definition) is 9. The van der Waals surface area contributed by atoms with E-state index in [0.717, 1.165) is 16.4 Å².